The average molecular weight is 180 g/mol. The Balaban J connectivity index is 2.55. The van der Waals surface area contributed by atoms with E-state index in [1.807, 2.05) is 6.92 Å². The van der Waals surface area contributed by atoms with Gasteiger partial charge in [0.25, 0.3) is 0 Å². The summed E-state index contributed by atoms with van der Waals surface area (Å²) in [4.78, 5) is 8.14. The molecular weight excluding hydrogens is 164 g/mol. The van der Waals surface area contributed by atoms with Gasteiger partial charge in [0, 0.05) is 12.4 Å². The molecule has 0 aromatic carbocycles. The molecule has 0 aliphatic rings. The maximum absolute atomic E-state index is 9.62. The Kier molecular flexibility index (Phi) is 3.83. The molecule has 0 saturated carbocycles. The van der Waals surface area contributed by atoms with E-state index in [1.165, 1.54) is 0 Å². The molecule has 72 valence electrons. The van der Waals surface area contributed by atoms with Gasteiger partial charge in [0.1, 0.15) is 6.10 Å². The van der Waals surface area contributed by atoms with Gasteiger partial charge in [-0.15, -0.1) is 0 Å². The molecule has 0 aliphatic carbocycles. The molecule has 1 aromatic heterocycles. The highest BCUT2D eigenvalue weighted by molar-refractivity contribution is 5.03. The molecule has 1 aromatic rings. The van der Waals surface area contributed by atoms with Crippen molar-refractivity contribution in [1.82, 2.24) is 9.97 Å². The minimum Gasteiger partial charge on any atom is -0.385 e. The van der Waals surface area contributed by atoms with E-state index in [0.717, 1.165) is 24.8 Å². The fraction of sp³-hybridized carbons (Fsp3) is 0.600. The summed E-state index contributed by atoms with van der Waals surface area (Å²) in [5.41, 5.74) is 1.02. The third-order valence-electron chi connectivity index (χ3n) is 1.93. The van der Waals surface area contributed by atoms with Crippen LogP contribution in [-0.4, -0.2) is 15.1 Å². The predicted molar refractivity (Wildman–Crippen MR) is 51.3 cm³/mol. The minimum atomic E-state index is -0.499. The van der Waals surface area contributed by atoms with Crippen molar-refractivity contribution in [3.63, 3.8) is 0 Å². The van der Waals surface area contributed by atoms with E-state index in [4.69, 9.17) is 0 Å². The topological polar surface area (TPSA) is 46.0 Å². The van der Waals surface area contributed by atoms with Gasteiger partial charge in [-0.2, -0.15) is 0 Å². The van der Waals surface area contributed by atoms with Crippen molar-refractivity contribution < 1.29 is 5.11 Å². The van der Waals surface area contributed by atoms with Crippen molar-refractivity contribution >= 4 is 0 Å². The number of hydrogen-bond donors (Lipinski definition) is 1. The second-order valence-electron chi connectivity index (χ2n) is 3.28. The first-order valence-electron chi connectivity index (χ1n) is 4.70. The van der Waals surface area contributed by atoms with Crippen molar-refractivity contribution in [3.05, 3.63) is 23.8 Å². The van der Waals surface area contributed by atoms with Crippen LogP contribution in [0, 0.1) is 6.92 Å². The van der Waals surface area contributed by atoms with E-state index in [9.17, 15) is 5.11 Å². The molecule has 0 aliphatic heterocycles. The number of rotatable bonds is 4. The molecule has 1 N–H and O–H groups in total. The molecule has 3 nitrogen and oxygen atoms in total. The summed E-state index contributed by atoms with van der Waals surface area (Å²) in [5, 5.41) is 9.62. The molecule has 1 rings (SSSR count). The van der Waals surface area contributed by atoms with Crippen LogP contribution in [0.5, 0.6) is 0 Å². The van der Waals surface area contributed by atoms with E-state index in [-0.39, 0.29) is 0 Å². The Morgan fingerprint density at radius 2 is 2.00 bits per heavy atom. The van der Waals surface area contributed by atoms with E-state index >= 15 is 0 Å². The first-order valence-corrected chi connectivity index (χ1v) is 4.70. The molecule has 3 heteroatoms. The summed E-state index contributed by atoms with van der Waals surface area (Å²) in [6.45, 7) is 4.03. The molecule has 1 atom stereocenters. The molecule has 1 heterocycles. The standard InChI is InChI=1S/C10H16N2O/c1-3-4-5-9(13)10-11-6-8(2)7-12-10/h6-7,9,13H,3-5H2,1-2H3. The maximum Gasteiger partial charge on any atom is 0.156 e. The zero-order valence-corrected chi connectivity index (χ0v) is 8.20. The fourth-order valence-electron chi connectivity index (χ4n) is 1.10. The largest absolute Gasteiger partial charge is 0.385 e. The van der Waals surface area contributed by atoms with Crippen molar-refractivity contribution in [1.29, 1.82) is 0 Å². The molecule has 0 fully saturated rings. The van der Waals surface area contributed by atoms with Gasteiger partial charge in [-0.25, -0.2) is 9.97 Å². The average Bonchev–Trinajstić information content (AvgIpc) is 2.15. The predicted octanol–water partition coefficient (Wildman–Crippen LogP) is 2.01. The number of aryl methyl sites for hydroxylation is 1. The van der Waals surface area contributed by atoms with Gasteiger partial charge >= 0.3 is 0 Å². The van der Waals surface area contributed by atoms with Gasteiger partial charge in [0.05, 0.1) is 0 Å². The lowest BCUT2D eigenvalue weighted by Crippen LogP contribution is -2.03. The SMILES string of the molecule is CCCCC(O)c1ncc(C)cn1. The van der Waals surface area contributed by atoms with Crippen LogP contribution in [0.1, 0.15) is 43.7 Å². The van der Waals surface area contributed by atoms with Crippen molar-refractivity contribution in [2.24, 2.45) is 0 Å². The number of aliphatic hydroxyl groups excluding tert-OH is 1. The number of hydrogen-bond acceptors (Lipinski definition) is 3. The van der Waals surface area contributed by atoms with Crippen LogP contribution in [0.25, 0.3) is 0 Å². The van der Waals surface area contributed by atoms with Crippen LogP contribution in [-0.2, 0) is 0 Å². The molecule has 0 bridgehead atoms. The van der Waals surface area contributed by atoms with Crippen LogP contribution in [0.15, 0.2) is 12.4 Å². The number of unbranched alkanes of at least 4 members (excludes halogenated alkanes) is 1. The normalized spacial score (nSPS) is 12.8. The van der Waals surface area contributed by atoms with Gasteiger partial charge in [0.2, 0.25) is 0 Å². The summed E-state index contributed by atoms with van der Waals surface area (Å²) in [6.07, 6.45) is 5.82. The second kappa shape index (κ2) is 4.92. The van der Waals surface area contributed by atoms with Gasteiger partial charge in [0.15, 0.2) is 5.82 Å². The van der Waals surface area contributed by atoms with Crippen LogP contribution in [0.3, 0.4) is 0 Å². The van der Waals surface area contributed by atoms with Gasteiger partial charge in [-0.05, 0) is 18.9 Å². The van der Waals surface area contributed by atoms with E-state index in [2.05, 4.69) is 16.9 Å². The van der Waals surface area contributed by atoms with E-state index in [0.29, 0.717) is 5.82 Å². The highest BCUT2D eigenvalue weighted by atomic mass is 16.3. The molecule has 0 radical (unpaired) electrons. The zero-order chi connectivity index (χ0) is 9.68. The summed E-state index contributed by atoms with van der Waals surface area (Å²) in [6, 6.07) is 0. The Morgan fingerprint density at radius 3 is 2.54 bits per heavy atom. The molecule has 13 heavy (non-hydrogen) atoms. The van der Waals surface area contributed by atoms with Crippen molar-refractivity contribution in [3.8, 4) is 0 Å². The first kappa shape index (κ1) is 10.1. The lowest BCUT2D eigenvalue weighted by atomic mass is 10.1. The minimum absolute atomic E-state index is 0.499. The highest BCUT2D eigenvalue weighted by Gasteiger charge is 2.08. The third-order valence-corrected chi connectivity index (χ3v) is 1.93. The summed E-state index contributed by atoms with van der Waals surface area (Å²) in [5.74, 6) is 0.541. The van der Waals surface area contributed by atoms with Crippen LogP contribution in [0.2, 0.25) is 0 Å². The van der Waals surface area contributed by atoms with Crippen LogP contribution in [0.4, 0.5) is 0 Å². The van der Waals surface area contributed by atoms with Crippen molar-refractivity contribution in [2.75, 3.05) is 0 Å². The number of aromatic nitrogens is 2. The summed E-state index contributed by atoms with van der Waals surface area (Å²) in [7, 11) is 0. The maximum atomic E-state index is 9.62. The quantitative estimate of drug-likeness (QED) is 0.771. The van der Waals surface area contributed by atoms with Crippen LogP contribution >= 0.6 is 0 Å². The molecule has 0 spiro atoms. The lowest BCUT2D eigenvalue weighted by molar-refractivity contribution is 0.154. The molecular formula is C10H16N2O. The van der Waals surface area contributed by atoms with Crippen molar-refractivity contribution in [2.45, 2.75) is 39.2 Å². The van der Waals surface area contributed by atoms with E-state index in [1.54, 1.807) is 12.4 Å². The third kappa shape index (κ3) is 3.11. The highest BCUT2D eigenvalue weighted by Crippen LogP contribution is 2.14. The summed E-state index contributed by atoms with van der Waals surface area (Å²) < 4.78 is 0. The summed E-state index contributed by atoms with van der Waals surface area (Å²) >= 11 is 0. The smallest absolute Gasteiger partial charge is 0.156 e. The molecule has 0 amide bonds. The monoisotopic (exact) mass is 180 g/mol. The van der Waals surface area contributed by atoms with Gasteiger partial charge in [-0.3, -0.25) is 0 Å². The number of nitrogens with zero attached hydrogens (tertiary/aromatic N) is 2. The molecule has 0 saturated heterocycles. The van der Waals surface area contributed by atoms with Gasteiger partial charge in [-0.1, -0.05) is 19.8 Å². The number of aliphatic hydroxyl groups is 1. The Morgan fingerprint density at radius 1 is 1.38 bits per heavy atom. The Bertz CT molecular complexity index is 246. The second-order valence-corrected chi connectivity index (χ2v) is 3.28. The Hall–Kier alpha value is -0.960. The molecule has 1 unspecified atom stereocenters. The fourth-order valence-corrected chi connectivity index (χ4v) is 1.10. The first-order chi connectivity index (χ1) is 6.24. The van der Waals surface area contributed by atoms with Gasteiger partial charge < -0.3 is 5.11 Å². The van der Waals surface area contributed by atoms with E-state index < -0.39 is 6.10 Å². The Labute approximate surface area is 78.9 Å². The zero-order valence-electron chi connectivity index (χ0n) is 8.20. The van der Waals surface area contributed by atoms with Crippen LogP contribution < -0.4 is 0 Å². The lowest BCUT2D eigenvalue weighted by Gasteiger charge is -2.07.